The zero-order chi connectivity index (χ0) is 32.0. The fourth-order valence-corrected chi connectivity index (χ4v) is 5.44. The van der Waals surface area contributed by atoms with Gasteiger partial charge in [-0.05, 0) is 65.7 Å². The highest BCUT2D eigenvalue weighted by Crippen LogP contribution is 2.43. The number of aryl methyl sites for hydroxylation is 1. The van der Waals surface area contributed by atoms with Gasteiger partial charge in [0, 0.05) is 42.2 Å². The van der Waals surface area contributed by atoms with Crippen molar-refractivity contribution in [3.05, 3.63) is 142 Å². The number of aliphatic hydroxyl groups is 1. The van der Waals surface area contributed by atoms with Crippen molar-refractivity contribution in [1.82, 2.24) is 10.9 Å². The minimum atomic E-state index is -1.44. The van der Waals surface area contributed by atoms with Gasteiger partial charge in [-0.25, -0.2) is 10.4 Å². The number of aliphatic imine (C=N–C) groups is 1. The van der Waals surface area contributed by atoms with Gasteiger partial charge in [-0.3, -0.25) is 10.2 Å². The third kappa shape index (κ3) is 8.11. The maximum atomic E-state index is 14.4. The van der Waals surface area contributed by atoms with Gasteiger partial charge in [-0.1, -0.05) is 90.0 Å². The summed E-state index contributed by atoms with van der Waals surface area (Å²) in [6.45, 7) is 1.03. The summed E-state index contributed by atoms with van der Waals surface area (Å²) in [5.41, 5.74) is 17.7. The molecule has 1 aliphatic heterocycles. The van der Waals surface area contributed by atoms with E-state index >= 15 is 0 Å². The number of hydrogen-bond acceptors (Lipinski definition) is 7. The number of azide groups is 1. The zero-order valence-electron chi connectivity index (χ0n) is 25.6. The normalized spacial score (nSPS) is 17.0. The van der Waals surface area contributed by atoms with E-state index in [1.54, 1.807) is 12.1 Å². The summed E-state index contributed by atoms with van der Waals surface area (Å²) in [5, 5.41) is 12.9. The standard InChI is InChI=1S/C36H38N6O4/c37-42-40-32-18-8-7-17-30(32)26-36(35(44)41-38-23-10-9-14-27-12-3-1-4-13-27)33(28-15-5-2-6-16-28)46-34(39-36)29-19-21-31(22-20-29)45-25-11-24-43/h1-8,12-13,15-22,33,38,43H,9-11,14,23-26H2,(H,41,44)/t33-,36-/m0/s1. The first-order chi connectivity index (χ1) is 22.6. The molecule has 4 aromatic carbocycles. The number of carbonyl (C=O) groups is 1. The van der Waals surface area contributed by atoms with Gasteiger partial charge in [0.2, 0.25) is 5.90 Å². The largest absolute Gasteiger partial charge is 0.494 e. The molecule has 236 valence electrons. The van der Waals surface area contributed by atoms with Crippen LogP contribution < -0.4 is 15.6 Å². The molecule has 0 spiro atoms. The minimum Gasteiger partial charge on any atom is -0.494 e. The Morgan fingerprint density at radius 2 is 1.65 bits per heavy atom. The number of benzene rings is 4. The maximum Gasteiger partial charge on any atom is 0.266 e. The van der Waals surface area contributed by atoms with Crippen molar-refractivity contribution >= 4 is 17.5 Å². The number of hydrazine groups is 1. The van der Waals surface area contributed by atoms with Crippen LogP contribution in [0.2, 0.25) is 0 Å². The van der Waals surface area contributed by atoms with E-state index in [4.69, 9.17) is 19.6 Å². The van der Waals surface area contributed by atoms with Crippen molar-refractivity contribution < 1.29 is 19.4 Å². The highest BCUT2D eigenvalue weighted by molar-refractivity contribution is 6.01. The van der Waals surface area contributed by atoms with Crippen molar-refractivity contribution in [2.45, 2.75) is 43.7 Å². The highest BCUT2D eigenvalue weighted by atomic mass is 16.5. The Balaban J connectivity index is 1.43. The summed E-state index contributed by atoms with van der Waals surface area (Å²) in [7, 11) is 0. The molecule has 0 aromatic heterocycles. The summed E-state index contributed by atoms with van der Waals surface area (Å²) in [6.07, 6.45) is 2.67. The lowest BCUT2D eigenvalue weighted by atomic mass is 9.81. The predicted octanol–water partition coefficient (Wildman–Crippen LogP) is 6.53. The summed E-state index contributed by atoms with van der Waals surface area (Å²) < 4.78 is 12.3. The molecule has 0 unspecified atom stereocenters. The monoisotopic (exact) mass is 618 g/mol. The zero-order valence-corrected chi connectivity index (χ0v) is 25.6. The van der Waals surface area contributed by atoms with Gasteiger partial charge < -0.3 is 14.6 Å². The first-order valence-corrected chi connectivity index (χ1v) is 15.5. The fraction of sp³-hybridized carbons (Fsp3) is 0.278. The molecule has 2 atom stereocenters. The summed E-state index contributed by atoms with van der Waals surface area (Å²) >= 11 is 0. The quantitative estimate of drug-likeness (QED) is 0.0430. The molecule has 0 radical (unpaired) electrons. The number of nitrogens with one attached hydrogen (secondary N) is 2. The first-order valence-electron chi connectivity index (χ1n) is 15.5. The van der Waals surface area contributed by atoms with E-state index in [9.17, 15) is 10.3 Å². The summed E-state index contributed by atoms with van der Waals surface area (Å²) in [6, 6.07) is 34.3. The molecule has 0 saturated carbocycles. The Labute approximate surface area is 268 Å². The molecule has 0 bridgehead atoms. The van der Waals surface area contributed by atoms with Crippen LogP contribution in [0.1, 0.15) is 47.6 Å². The maximum absolute atomic E-state index is 14.4. The third-order valence-corrected chi connectivity index (χ3v) is 7.80. The Morgan fingerprint density at radius 3 is 2.39 bits per heavy atom. The molecule has 4 aromatic rings. The van der Waals surface area contributed by atoms with E-state index in [2.05, 4.69) is 33.0 Å². The third-order valence-electron chi connectivity index (χ3n) is 7.80. The van der Waals surface area contributed by atoms with E-state index in [0.29, 0.717) is 48.0 Å². The molecular formula is C36H38N6O4. The number of aliphatic hydroxyl groups excluding tert-OH is 1. The molecule has 1 aliphatic rings. The van der Waals surface area contributed by atoms with Crippen LogP contribution in [0.15, 0.2) is 119 Å². The Morgan fingerprint density at radius 1 is 0.935 bits per heavy atom. The molecule has 1 heterocycles. The Hall–Kier alpha value is -5.15. The lowest BCUT2D eigenvalue weighted by molar-refractivity contribution is -0.130. The van der Waals surface area contributed by atoms with Crippen LogP contribution in [0.5, 0.6) is 5.75 Å². The SMILES string of the molecule is [N-]=[N+]=Nc1ccccc1C[C@]1(C(=O)NNCCCCc2ccccc2)N=C(c2ccc(OCCCO)cc2)O[C@H]1c1ccccc1. The first kappa shape index (κ1) is 32.2. The van der Waals surface area contributed by atoms with Gasteiger partial charge in [0.1, 0.15) is 5.75 Å². The molecular weight excluding hydrogens is 580 g/mol. The van der Waals surface area contributed by atoms with Crippen molar-refractivity contribution in [2.75, 3.05) is 19.8 Å². The molecule has 1 amide bonds. The molecule has 10 nitrogen and oxygen atoms in total. The fourth-order valence-electron chi connectivity index (χ4n) is 5.44. The van der Waals surface area contributed by atoms with E-state index in [1.807, 2.05) is 84.9 Å². The minimum absolute atomic E-state index is 0.0547. The number of carbonyl (C=O) groups excluding carboxylic acids is 1. The molecule has 10 heteroatoms. The predicted molar refractivity (Wildman–Crippen MR) is 178 cm³/mol. The molecule has 5 rings (SSSR count). The Kier molecular flexibility index (Phi) is 11.4. The highest BCUT2D eigenvalue weighted by Gasteiger charge is 2.53. The van der Waals surface area contributed by atoms with Crippen molar-refractivity contribution in [3.8, 4) is 5.75 Å². The van der Waals surface area contributed by atoms with Crippen LogP contribution in [0.25, 0.3) is 10.4 Å². The molecule has 0 fully saturated rings. The van der Waals surface area contributed by atoms with Crippen LogP contribution in [-0.2, 0) is 22.4 Å². The van der Waals surface area contributed by atoms with Gasteiger partial charge >= 0.3 is 0 Å². The molecule has 3 N–H and O–H groups in total. The number of hydrogen-bond donors (Lipinski definition) is 3. The molecule has 46 heavy (non-hydrogen) atoms. The molecule has 0 aliphatic carbocycles. The van der Waals surface area contributed by atoms with Gasteiger partial charge in [0.15, 0.2) is 11.6 Å². The van der Waals surface area contributed by atoms with Crippen LogP contribution >= 0.6 is 0 Å². The van der Waals surface area contributed by atoms with Gasteiger partial charge in [-0.2, -0.15) is 0 Å². The second-order valence-corrected chi connectivity index (χ2v) is 11.0. The van der Waals surface area contributed by atoms with E-state index < -0.39 is 11.6 Å². The van der Waals surface area contributed by atoms with Crippen molar-refractivity contribution in [1.29, 1.82) is 0 Å². The lowest BCUT2D eigenvalue weighted by Gasteiger charge is -2.31. The number of rotatable bonds is 16. The van der Waals surface area contributed by atoms with Crippen molar-refractivity contribution in [3.63, 3.8) is 0 Å². The van der Waals surface area contributed by atoms with Crippen LogP contribution in [0.3, 0.4) is 0 Å². The number of nitrogens with zero attached hydrogens (tertiary/aromatic N) is 4. The van der Waals surface area contributed by atoms with Crippen LogP contribution in [-0.4, -0.2) is 42.2 Å². The number of ether oxygens (including phenoxy) is 2. The number of unbranched alkanes of at least 4 members (excludes halogenated alkanes) is 1. The number of amides is 1. The average molecular weight is 619 g/mol. The van der Waals surface area contributed by atoms with Gasteiger partial charge in [-0.15, -0.1) is 0 Å². The summed E-state index contributed by atoms with van der Waals surface area (Å²) in [5.74, 6) is 0.605. The van der Waals surface area contributed by atoms with Crippen LogP contribution in [0.4, 0.5) is 5.69 Å². The topological polar surface area (TPSA) is 141 Å². The second kappa shape index (κ2) is 16.2. The van der Waals surface area contributed by atoms with Crippen LogP contribution in [0, 0.1) is 0 Å². The van der Waals surface area contributed by atoms with E-state index in [-0.39, 0.29) is 18.9 Å². The van der Waals surface area contributed by atoms with E-state index in [0.717, 1.165) is 24.8 Å². The average Bonchev–Trinajstić information content (AvgIpc) is 3.49. The molecule has 0 saturated heterocycles. The lowest BCUT2D eigenvalue weighted by Crippen LogP contribution is -2.54. The summed E-state index contributed by atoms with van der Waals surface area (Å²) in [4.78, 5) is 22.4. The van der Waals surface area contributed by atoms with Gasteiger partial charge in [0.25, 0.3) is 5.91 Å². The van der Waals surface area contributed by atoms with E-state index in [1.165, 1.54) is 5.56 Å². The van der Waals surface area contributed by atoms with Gasteiger partial charge in [0.05, 0.1) is 6.61 Å². The van der Waals surface area contributed by atoms with Crippen molar-refractivity contribution in [2.24, 2.45) is 10.1 Å². The second-order valence-electron chi connectivity index (χ2n) is 11.0. The smallest absolute Gasteiger partial charge is 0.266 e. The Bertz CT molecular complexity index is 1640.